The molecular weight excluding hydrogens is 428 g/mol. The quantitative estimate of drug-likeness (QED) is 0.217. The molecule has 2 aromatic carbocycles. The number of ether oxygens (including phenoxy) is 1. The highest BCUT2D eigenvalue weighted by Gasteiger charge is 2.34. The second-order valence-electron chi connectivity index (χ2n) is 6.39. The largest absolute Gasteiger partial charge is 0.374 e. The Kier molecular flexibility index (Phi) is 11.8. The molecule has 0 amide bonds. The van der Waals surface area contributed by atoms with E-state index in [-0.39, 0.29) is 10.9 Å². The van der Waals surface area contributed by atoms with Crippen molar-refractivity contribution in [2.45, 2.75) is 49.3 Å². The van der Waals surface area contributed by atoms with E-state index in [9.17, 15) is 0 Å². The second kappa shape index (κ2) is 14.0. The van der Waals surface area contributed by atoms with Gasteiger partial charge in [-0.15, -0.1) is 0 Å². The molecule has 1 unspecified atom stereocenters. The van der Waals surface area contributed by atoms with Crippen LogP contribution in [0.25, 0.3) is 0 Å². The number of hydrogen-bond donors (Lipinski definition) is 0. The number of allylic oxidation sites excluding steroid dienone is 3. The number of aryl methyl sites for hydroxylation is 1. The van der Waals surface area contributed by atoms with Crippen molar-refractivity contribution in [3.8, 4) is 0 Å². The predicted molar refractivity (Wildman–Crippen MR) is 135 cm³/mol. The molecule has 162 valence electrons. The van der Waals surface area contributed by atoms with E-state index in [1.54, 1.807) is 0 Å². The van der Waals surface area contributed by atoms with Gasteiger partial charge in [-0.05, 0) is 51.1 Å². The van der Waals surface area contributed by atoms with E-state index in [0.29, 0.717) is 13.2 Å². The van der Waals surface area contributed by atoms with E-state index in [1.807, 2.05) is 25.6 Å². The third-order valence-electron chi connectivity index (χ3n) is 4.23. The lowest BCUT2D eigenvalue weighted by atomic mass is 10.2. The minimum Gasteiger partial charge on any atom is -0.374 e. The van der Waals surface area contributed by atoms with Gasteiger partial charge in [-0.2, -0.15) is 0 Å². The third-order valence-corrected chi connectivity index (χ3v) is 8.77. The molecular formula is C25H33O2S3+. The molecule has 0 radical (unpaired) electrons. The summed E-state index contributed by atoms with van der Waals surface area (Å²) in [6, 6.07) is 17.1. The van der Waals surface area contributed by atoms with Crippen LogP contribution < -0.4 is 0 Å². The summed E-state index contributed by atoms with van der Waals surface area (Å²) in [6.45, 7) is 12.4. The van der Waals surface area contributed by atoms with Crippen LogP contribution in [0.3, 0.4) is 0 Å². The standard InChI is InChI=1S/C23H27O2S3.C2H6/c1-4-7-22-19(3)26-21-8-5-6-9-23(21)28(22)17-16-24-14-15-25-27-20-12-10-18(2)11-13-20;1-2/h4-13H,14-17H2,1-3H3;1-2H3/q+1;/b7-4-;. The van der Waals surface area contributed by atoms with E-state index < -0.39 is 0 Å². The van der Waals surface area contributed by atoms with Gasteiger partial charge in [-0.25, -0.2) is 0 Å². The summed E-state index contributed by atoms with van der Waals surface area (Å²) in [5, 5.41) is 0. The number of benzene rings is 2. The van der Waals surface area contributed by atoms with Crippen LogP contribution in [-0.2, 0) is 19.8 Å². The molecule has 0 saturated heterocycles. The number of hydrogen-bond acceptors (Lipinski definition) is 4. The van der Waals surface area contributed by atoms with Crippen LogP contribution in [0.5, 0.6) is 0 Å². The molecule has 0 saturated carbocycles. The molecule has 0 aliphatic carbocycles. The average molecular weight is 462 g/mol. The van der Waals surface area contributed by atoms with Gasteiger partial charge in [0.2, 0.25) is 0 Å². The van der Waals surface area contributed by atoms with Gasteiger partial charge < -0.3 is 8.92 Å². The van der Waals surface area contributed by atoms with Gasteiger partial charge >= 0.3 is 0 Å². The highest BCUT2D eigenvalue weighted by molar-refractivity contribution is 8.08. The molecule has 0 fully saturated rings. The zero-order valence-corrected chi connectivity index (χ0v) is 21.1. The minimum atomic E-state index is 0.0744. The summed E-state index contributed by atoms with van der Waals surface area (Å²) in [6.07, 6.45) is 4.41. The Labute approximate surface area is 194 Å². The first-order valence-electron chi connectivity index (χ1n) is 10.4. The van der Waals surface area contributed by atoms with Gasteiger partial charge in [0.15, 0.2) is 9.80 Å². The molecule has 1 aliphatic rings. The van der Waals surface area contributed by atoms with E-state index in [0.717, 1.165) is 17.3 Å². The fourth-order valence-corrected chi connectivity index (χ4v) is 7.22. The van der Waals surface area contributed by atoms with Crippen molar-refractivity contribution in [2.24, 2.45) is 0 Å². The maximum absolute atomic E-state index is 5.89. The van der Waals surface area contributed by atoms with Crippen molar-refractivity contribution in [3.63, 3.8) is 0 Å². The van der Waals surface area contributed by atoms with Crippen molar-refractivity contribution in [2.75, 3.05) is 25.6 Å². The molecule has 1 aliphatic heterocycles. The first kappa shape index (κ1) is 25.2. The lowest BCUT2D eigenvalue weighted by Gasteiger charge is -2.19. The maximum Gasteiger partial charge on any atom is 0.174 e. The molecule has 2 aromatic rings. The monoisotopic (exact) mass is 461 g/mol. The normalized spacial score (nSPS) is 15.7. The molecule has 3 rings (SSSR count). The summed E-state index contributed by atoms with van der Waals surface area (Å²) < 4.78 is 11.5. The number of rotatable bonds is 9. The van der Waals surface area contributed by atoms with Crippen LogP contribution in [0.4, 0.5) is 0 Å². The topological polar surface area (TPSA) is 18.5 Å². The number of thioether (sulfide) groups is 1. The summed E-state index contributed by atoms with van der Waals surface area (Å²) in [5.41, 5.74) is 1.26. The molecule has 1 atom stereocenters. The van der Waals surface area contributed by atoms with Crippen molar-refractivity contribution < 1.29 is 8.92 Å². The minimum absolute atomic E-state index is 0.0744. The summed E-state index contributed by atoms with van der Waals surface area (Å²) in [4.78, 5) is 6.80. The molecule has 0 bridgehead atoms. The van der Waals surface area contributed by atoms with Crippen molar-refractivity contribution >= 4 is 34.7 Å². The summed E-state index contributed by atoms with van der Waals surface area (Å²) in [5.74, 6) is 1.01. The van der Waals surface area contributed by atoms with E-state index in [2.05, 4.69) is 81.5 Å². The van der Waals surface area contributed by atoms with Gasteiger partial charge in [0.25, 0.3) is 0 Å². The summed E-state index contributed by atoms with van der Waals surface area (Å²) in [7, 11) is 0.0744. The molecule has 1 heterocycles. The van der Waals surface area contributed by atoms with Gasteiger partial charge in [0.05, 0.1) is 35.6 Å². The maximum atomic E-state index is 5.89. The highest BCUT2D eigenvalue weighted by atomic mass is 32.2. The first-order chi connectivity index (χ1) is 14.7. The Morgan fingerprint density at radius 1 is 0.967 bits per heavy atom. The van der Waals surface area contributed by atoms with E-state index >= 15 is 0 Å². The van der Waals surface area contributed by atoms with Crippen LogP contribution in [0, 0.1) is 6.92 Å². The Morgan fingerprint density at radius 3 is 2.43 bits per heavy atom. The van der Waals surface area contributed by atoms with E-state index in [1.165, 1.54) is 37.2 Å². The molecule has 0 N–H and O–H groups in total. The summed E-state index contributed by atoms with van der Waals surface area (Å²) >= 11 is 3.30. The van der Waals surface area contributed by atoms with Crippen molar-refractivity contribution in [3.05, 3.63) is 76.1 Å². The van der Waals surface area contributed by atoms with E-state index in [4.69, 9.17) is 8.92 Å². The predicted octanol–water partition coefficient (Wildman–Crippen LogP) is 7.65. The Bertz CT molecular complexity index is 829. The van der Waals surface area contributed by atoms with Crippen LogP contribution in [-0.4, -0.2) is 25.6 Å². The zero-order chi connectivity index (χ0) is 21.8. The molecule has 5 heteroatoms. The lowest BCUT2D eigenvalue weighted by Crippen LogP contribution is -2.19. The number of fused-ring (bicyclic) bond motifs is 1. The van der Waals surface area contributed by atoms with Crippen LogP contribution in [0.2, 0.25) is 0 Å². The molecule has 0 spiro atoms. The lowest BCUT2D eigenvalue weighted by molar-refractivity contribution is 0.119. The van der Waals surface area contributed by atoms with Crippen molar-refractivity contribution in [1.29, 1.82) is 0 Å². The molecule has 30 heavy (non-hydrogen) atoms. The highest BCUT2D eigenvalue weighted by Crippen LogP contribution is 2.44. The molecule has 0 aromatic heterocycles. The smallest absolute Gasteiger partial charge is 0.174 e. The van der Waals surface area contributed by atoms with Gasteiger partial charge in [0, 0.05) is 21.8 Å². The Hall–Kier alpha value is -1.11. The third kappa shape index (κ3) is 7.54. The Balaban J connectivity index is 0.00000155. The second-order valence-corrected chi connectivity index (χ2v) is 10.6. The van der Waals surface area contributed by atoms with Gasteiger partial charge in [-0.3, -0.25) is 0 Å². The van der Waals surface area contributed by atoms with Crippen LogP contribution >= 0.6 is 23.8 Å². The fourth-order valence-electron chi connectivity index (χ4n) is 2.86. The molecule has 2 nitrogen and oxygen atoms in total. The zero-order valence-electron chi connectivity index (χ0n) is 18.6. The first-order valence-corrected chi connectivity index (χ1v) is 13.4. The Morgan fingerprint density at radius 2 is 1.70 bits per heavy atom. The van der Waals surface area contributed by atoms with Gasteiger partial charge in [-0.1, -0.05) is 61.5 Å². The fraction of sp³-hybridized carbons (Fsp3) is 0.360. The van der Waals surface area contributed by atoms with Gasteiger partial charge in [0.1, 0.15) is 5.75 Å². The SMILES string of the molecule is C/C=C\C1=C(C)Sc2ccccc2[S+]1CCOCCOSc1ccc(C)cc1.CC. The van der Waals surface area contributed by atoms with Crippen molar-refractivity contribution in [1.82, 2.24) is 0 Å². The van der Waals surface area contributed by atoms with Crippen LogP contribution in [0.15, 0.2) is 85.2 Å². The van der Waals surface area contributed by atoms with Crippen LogP contribution in [0.1, 0.15) is 33.3 Å². The average Bonchev–Trinajstić information content (AvgIpc) is 2.77.